The molecule has 0 atom stereocenters. The van der Waals surface area contributed by atoms with E-state index in [2.05, 4.69) is 23.9 Å². The average molecular weight is 244 g/mol. The first-order valence-corrected chi connectivity index (χ1v) is 5.99. The lowest BCUT2D eigenvalue weighted by Gasteiger charge is -2.14. The van der Waals surface area contributed by atoms with Crippen molar-refractivity contribution in [2.24, 2.45) is 0 Å². The monoisotopic (exact) mass is 244 g/mol. The van der Waals surface area contributed by atoms with E-state index in [1.165, 1.54) is 0 Å². The Kier molecular flexibility index (Phi) is 3.74. The van der Waals surface area contributed by atoms with Crippen LogP contribution < -0.4 is 5.46 Å². The molecule has 0 amide bonds. The average Bonchev–Trinajstić information content (AvgIpc) is 2.71. The number of hydrogen-bond donors (Lipinski definition) is 0. The fourth-order valence-corrected chi connectivity index (χ4v) is 2.11. The molecule has 2 radical (unpaired) electrons. The number of rotatable bonds is 2. The molecule has 0 spiro atoms. The minimum absolute atomic E-state index is 0. The van der Waals surface area contributed by atoms with Crippen LogP contribution in [0.5, 0.6) is 0 Å². The Morgan fingerprint density at radius 3 is 2.39 bits per heavy atom. The minimum atomic E-state index is 0. The summed E-state index contributed by atoms with van der Waals surface area (Å²) in [5.74, 6) is 1.24. The molecule has 0 aliphatic heterocycles. The van der Waals surface area contributed by atoms with E-state index >= 15 is 0 Å². The largest absolute Gasteiger partial charge is 0.221 e. The van der Waals surface area contributed by atoms with Crippen LogP contribution in [0.25, 0.3) is 5.65 Å². The molecule has 2 aromatic rings. The molecule has 0 N–H and O–H groups in total. The molecule has 96 valence electrons. The summed E-state index contributed by atoms with van der Waals surface area (Å²) in [5.41, 5.74) is 3.15. The second-order valence-corrected chi connectivity index (χ2v) is 5.08. The zero-order chi connectivity index (χ0) is 13.6. The fourth-order valence-electron chi connectivity index (χ4n) is 2.11. The number of aromatic nitrogens is 3. The van der Waals surface area contributed by atoms with Gasteiger partial charge in [-0.3, -0.25) is 0 Å². The Balaban J connectivity index is 0.00000180. The van der Waals surface area contributed by atoms with Crippen molar-refractivity contribution in [2.75, 3.05) is 0 Å². The van der Waals surface area contributed by atoms with Crippen LogP contribution in [0.1, 0.15) is 65.3 Å². The summed E-state index contributed by atoms with van der Waals surface area (Å²) in [4.78, 5) is 4.46. The highest BCUT2D eigenvalue weighted by Gasteiger charge is 2.14. The van der Waals surface area contributed by atoms with Crippen LogP contribution in [0, 0.1) is 6.92 Å². The quantitative estimate of drug-likeness (QED) is 0.760. The molecule has 2 aromatic heterocycles. The van der Waals surface area contributed by atoms with Gasteiger partial charge >= 0.3 is 0 Å². The van der Waals surface area contributed by atoms with Gasteiger partial charge in [-0.1, -0.05) is 35.1 Å². The van der Waals surface area contributed by atoms with Gasteiger partial charge in [-0.05, 0) is 29.4 Å². The van der Waals surface area contributed by atoms with Crippen LogP contribution in [-0.4, -0.2) is 22.4 Å². The molecule has 0 unspecified atom stereocenters. The maximum absolute atomic E-state index is 8.18. The van der Waals surface area contributed by atoms with Crippen molar-refractivity contribution in [3.05, 3.63) is 23.1 Å². The molecule has 2 heterocycles. The van der Waals surface area contributed by atoms with Gasteiger partial charge in [-0.25, -0.2) is 9.50 Å². The second kappa shape index (κ2) is 5.13. The standard InChI is InChI=1S/C13H18BN3.CH4/c1-7(2)10-9(5)6-17-13(11(10)14)15-12(16-17)8(3)4;/h6-8H,1-5H3;1H4/i6D;. The maximum atomic E-state index is 8.18. The van der Waals surface area contributed by atoms with E-state index in [9.17, 15) is 0 Å². The molecule has 0 aliphatic rings. The Labute approximate surface area is 112 Å². The Bertz CT molecular complexity index is 602. The van der Waals surface area contributed by atoms with E-state index in [0.29, 0.717) is 17.3 Å². The summed E-state index contributed by atoms with van der Waals surface area (Å²) < 4.78 is 9.73. The summed E-state index contributed by atoms with van der Waals surface area (Å²) in [6.45, 7) is 10.1. The topological polar surface area (TPSA) is 30.2 Å². The van der Waals surface area contributed by atoms with Gasteiger partial charge in [-0.15, -0.1) is 0 Å². The third-order valence-corrected chi connectivity index (χ3v) is 2.93. The van der Waals surface area contributed by atoms with Crippen molar-refractivity contribution in [1.82, 2.24) is 14.6 Å². The minimum Gasteiger partial charge on any atom is -0.221 e. The van der Waals surface area contributed by atoms with Crippen molar-refractivity contribution < 1.29 is 1.37 Å². The van der Waals surface area contributed by atoms with E-state index < -0.39 is 0 Å². The Hall–Kier alpha value is -1.32. The van der Waals surface area contributed by atoms with Gasteiger partial charge in [-0.2, -0.15) is 5.10 Å². The lowest BCUT2D eigenvalue weighted by molar-refractivity contribution is 0.763. The van der Waals surface area contributed by atoms with Gasteiger partial charge in [0.2, 0.25) is 0 Å². The van der Waals surface area contributed by atoms with E-state index in [-0.39, 0.29) is 19.3 Å². The zero-order valence-electron chi connectivity index (χ0n) is 12.1. The van der Waals surface area contributed by atoms with Gasteiger partial charge in [0.15, 0.2) is 5.82 Å². The molecular weight excluding hydrogens is 221 g/mol. The first-order valence-electron chi connectivity index (χ1n) is 6.49. The van der Waals surface area contributed by atoms with Gasteiger partial charge in [0, 0.05) is 12.1 Å². The summed E-state index contributed by atoms with van der Waals surface area (Å²) in [6, 6.07) is 0. The molecular formula is C14H22BN3. The molecule has 0 saturated carbocycles. The van der Waals surface area contributed by atoms with Gasteiger partial charge in [0.1, 0.15) is 13.5 Å². The van der Waals surface area contributed by atoms with Crippen LogP contribution in [0.3, 0.4) is 0 Å². The van der Waals surface area contributed by atoms with E-state index in [4.69, 9.17) is 9.22 Å². The lowest BCUT2D eigenvalue weighted by Crippen LogP contribution is -2.18. The summed E-state index contributed by atoms with van der Waals surface area (Å²) in [7, 11) is 6.20. The van der Waals surface area contributed by atoms with Crippen molar-refractivity contribution in [3.8, 4) is 0 Å². The highest BCUT2D eigenvalue weighted by atomic mass is 15.3. The maximum Gasteiger partial charge on any atom is 0.154 e. The second-order valence-electron chi connectivity index (χ2n) is 5.08. The molecule has 0 saturated heterocycles. The van der Waals surface area contributed by atoms with Gasteiger partial charge in [0.25, 0.3) is 0 Å². The first-order chi connectivity index (χ1) is 8.34. The number of pyridine rings is 1. The SMILES string of the molecule is C.[2H]c1c(C)c(C(C)C)c([B])c2nc(C(C)C)nn12. The Morgan fingerprint density at radius 2 is 1.89 bits per heavy atom. The van der Waals surface area contributed by atoms with Crippen molar-refractivity contribution >= 4 is 19.0 Å². The van der Waals surface area contributed by atoms with E-state index in [0.717, 1.165) is 17.0 Å². The molecule has 18 heavy (non-hydrogen) atoms. The lowest BCUT2D eigenvalue weighted by atomic mass is 9.84. The van der Waals surface area contributed by atoms with Crippen molar-refractivity contribution in [1.29, 1.82) is 0 Å². The highest BCUT2D eigenvalue weighted by Crippen LogP contribution is 2.19. The molecule has 0 aromatic carbocycles. The van der Waals surface area contributed by atoms with Gasteiger partial charge < -0.3 is 0 Å². The smallest absolute Gasteiger partial charge is 0.154 e. The van der Waals surface area contributed by atoms with E-state index in [1.54, 1.807) is 4.52 Å². The predicted octanol–water partition coefficient (Wildman–Crippen LogP) is 2.71. The Morgan fingerprint density at radius 1 is 1.28 bits per heavy atom. The molecule has 4 heteroatoms. The van der Waals surface area contributed by atoms with Crippen LogP contribution in [0.15, 0.2) is 6.17 Å². The third-order valence-electron chi connectivity index (χ3n) is 2.93. The van der Waals surface area contributed by atoms with E-state index in [1.807, 2.05) is 20.8 Å². The third kappa shape index (κ3) is 2.29. The van der Waals surface area contributed by atoms with Crippen LogP contribution in [0.4, 0.5) is 0 Å². The molecule has 3 nitrogen and oxygen atoms in total. The fraction of sp³-hybridized carbons (Fsp3) is 0.571. The summed E-state index contributed by atoms with van der Waals surface area (Å²) >= 11 is 0. The summed E-state index contributed by atoms with van der Waals surface area (Å²) in [6.07, 6.45) is 0.377. The zero-order valence-corrected chi connectivity index (χ0v) is 11.1. The van der Waals surface area contributed by atoms with Crippen LogP contribution >= 0.6 is 0 Å². The number of fused-ring (bicyclic) bond motifs is 1. The number of nitrogens with zero attached hydrogens (tertiary/aromatic N) is 3. The highest BCUT2D eigenvalue weighted by molar-refractivity contribution is 6.37. The molecule has 0 bridgehead atoms. The van der Waals surface area contributed by atoms with Gasteiger partial charge in [0.05, 0.1) is 1.37 Å². The number of hydrogen-bond acceptors (Lipinski definition) is 2. The molecule has 0 fully saturated rings. The summed E-state index contributed by atoms with van der Waals surface area (Å²) in [5, 5.41) is 4.37. The predicted molar refractivity (Wildman–Crippen MR) is 78.0 cm³/mol. The van der Waals surface area contributed by atoms with Crippen molar-refractivity contribution in [2.45, 2.75) is 53.9 Å². The van der Waals surface area contributed by atoms with Crippen LogP contribution in [-0.2, 0) is 0 Å². The molecule has 0 aliphatic carbocycles. The van der Waals surface area contributed by atoms with Crippen LogP contribution in [0.2, 0.25) is 0 Å². The normalized spacial score (nSPS) is 12.1. The van der Waals surface area contributed by atoms with Crippen molar-refractivity contribution in [3.63, 3.8) is 0 Å². The molecule has 2 rings (SSSR count). The first kappa shape index (κ1) is 13.1.